The molecule has 2 unspecified atom stereocenters. The Morgan fingerprint density at radius 2 is 2.06 bits per heavy atom. The lowest BCUT2D eigenvalue weighted by molar-refractivity contribution is -0.130. The van der Waals surface area contributed by atoms with E-state index in [-0.39, 0.29) is 23.3 Å². The van der Waals surface area contributed by atoms with E-state index in [1.54, 1.807) is 0 Å². The first-order valence-corrected chi connectivity index (χ1v) is 8.35. The Labute approximate surface area is 120 Å². The fourth-order valence-electron chi connectivity index (χ4n) is 3.01. The summed E-state index contributed by atoms with van der Waals surface area (Å²) in [6.45, 7) is 8.88. The summed E-state index contributed by atoms with van der Waals surface area (Å²) >= 11 is 3.51. The molecule has 0 aromatic heterocycles. The van der Waals surface area contributed by atoms with E-state index < -0.39 is 0 Å². The van der Waals surface area contributed by atoms with Crippen molar-refractivity contribution in [3.63, 3.8) is 0 Å². The Balaban J connectivity index is 2.57. The van der Waals surface area contributed by atoms with Gasteiger partial charge in [-0.05, 0) is 30.6 Å². The van der Waals surface area contributed by atoms with Gasteiger partial charge < -0.3 is 5.32 Å². The van der Waals surface area contributed by atoms with Crippen molar-refractivity contribution in [3.05, 3.63) is 0 Å². The van der Waals surface area contributed by atoms with E-state index in [0.717, 1.165) is 18.2 Å². The van der Waals surface area contributed by atoms with Gasteiger partial charge in [0.25, 0.3) is 0 Å². The van der Waals surface area contributed by atoms with Crippen LogP contribution in [0.3, 0.4) is 0 Å². The van der Waals surface area contributed by atoms with E-state index in [2.05, 4.69) is 48.9 Å². The predicted molar refractivity (Wildman–Crippen MR) is 80.9 cm³/mol. The van der Waals surface area contributed by atoms with Gasteiger partial charge in [0.2, 0.25) is 5.91 Å². The number of hydrogen-bond donors (Lipinski definition) is 1. The zero-order chi connectivity index (χ0) is 13.8. The van der Waals surface area contributed by atoms with Gasteiger partial charge in [0, 0.05) is 17.3 Å². The number of amides is 1. The smallest absolute Gasteiger partial charge is 0.223 e. The van der Waals surface area contributed by atoms with Gasteiger partial charge >= 0.3 is 0 Å². The molecular weight excluding hydrogens is 290 g/mol. The Kier molecular flexibility index (Phi) is 6.16. The second kappa shape index (κ2) is 6.93. The second-order valence-corrected chi connectivity index (χ2v) is 7.42. The van der Waals surface area contributed by atoms with Crippen molar-refractivity contribution >= 4 is 21.8 Å². The van der Waals surface area contributed by atoms with Crippen molar-refractivity contribution in [3.8, 4) is 0 Å². The maximum absolute atomic E-state index is 12.4. The second-order valence-electron chi connectivity index (χ2n) is 6.78. The molecule has 0 radical (unpaired) electrons. The average molecular weight is 318 g/mol. The van der Waals surface area contributed by atoms with E-state index in [0.29, 0.717) is 5.92 Å². The highest BCUT2D eigenvalue weighted by atomic mass is 79.9. The Morgan fingerprint density at radius 3 is 2.56 bits per heavy atom. The molecule has 0 heterocycles. The van der Waals surface area contributed by atoms with Crippen LogP contribution in [0.15, 0.2) is 0 Å². The van der Waals surface area contributed by atoms with Gasteiger partial charge in [0.1, 0.15) is 0 Å². The van der Waals surface area contributed by atoms with Crippen molar-refractivity contribution in [2.24, 2.45) is 17.3 Å². The predicted octanol–water partition coefficient (Wildman–Crippen LogP) is 4.13. The zero-order valence-electron chi connectivity index (χ0n) is 12.3. The molecule has 1 aliphatic rings. The highest BCUT2D eigenvalue weighted by molar-refractivity contribution is 9.09. The third-order valence-electron chi connectivity index (χ3n) is 4.11. The van der Waals surface area contributed by atoms with Crippen LogP contribution in [-0.2, 0) is 4.79 Å². The fourth-order valence-corrected chi connectivity index (χ4v) is 3.44. The molecule has 0 aromatic rings. The Hall–Kier alpha value is -0.0500. The molecule has 0 saturated heterocycles. The molecular formula is C15H28BrNO. The van der Waals surface area contributed by atoms with Crippen LogP contribution in [0.25, 0.3) is 0 Å². The summed E-state index contributed by atoms with van der Waals surface area (Å²) in [5.41, 5.74) is 0.164. The SMILES string of the molecule is CC(C)CC(CBr)NC(=O)C1CCCCC1(C)C. The van der Waals surface area contributed by atoms with Crippen LogP contribution in [0.1, 0.15) is 59.8 Å². The van der Waals surface area contributed by atoms with Gasteiger partial charge in [0.15, 0.2) is 0 Å². The molecule has 0 bridgehead atoms. The van der Waals surface area contributed by atoms with Crippen LogP contribution in [0, 0.1) is 17.3 Å². The molecule has 18 heavy (non-hydrogen) atoms. The van der Waals surface area contributed by atoms with Crippen LogP contribution in [0.5, 0.6) is 0 Å². The largest absolute Gasteiger partial charge is 0.352 e. The molecule has 106 valence electrons. The van der Waals surface area contributed by atoms with Crippen LogP contribution in [-0.4, -0.2) is 17.3 Å². The maximum Gasteiger partial charge on any atom is 0.223 e. The lowest BCUT2D eigenvalue weighted by atomic mass is 9.68. The third kappa shape index (κ3) is 4.56. The molecule has 0 spiro atoms. The first-order valence-electron chi connectivity index (χ1n) is 7.23. The topological polar surface area (TPSA) is 29.1 Å². The molecule has 1 rings (SSSR count). The molecule has 0 aromatic carbocycles. The third-order valence-corrected chi connectivity index (χ3v) is 4.89. The van der Waals surface area contributed by atoms with Crippen molar-refractivity contribution in [2.75, 3.05) is 5.33 Å². The average Bonchev–Trinajstić information content (AvgIpc) is 2.26. The summed E-state index contributed by atoms with van der Waals surface area (Å²) in [5, 5.41) is 4.09. The van der Waals surface area contributed by atoms with E-state index >= 15 is 0 Å². The number of carbonyl (C=O) groups excluding carboxylic acids is 1. The summed E-state index contributed by atoms with van der Waals surface area (Å²) in [7, 11) is 0. The minimum atomic E-state index is 0.164. The molecule has 1 N–H and O–H groups in total. The van der Waals surface area contributed by atoms with Crippen molar-refractivity contribution < 1.29 is 4.79 Å². The van der Waals surface area contributed by atoms with Crippen molar-refractivity contribution in [1.82, 2.24) is 5.32 Å². The van der Waals surface area contributed by atoms with E-state index in [4.69, 9.17) is 0 Å². The standard InChI is InChI=1S/C15H28BrNO/c1-11(2)9-12(10-16)17-14(18)13-7-5-6-8-15(13,3)4/h11-13H,5-10H2,1-4H3,(H,17,18). The van der Waals surface area contributed by atoms with Gasteiger partial charge in [-0.3, -0.25) is 4.79 Å². The lowest BCUT2D eigenvalue weighted by Crippen LogP contribution is -2.46. The maximum atomic E-state index is 12.4. The molecule has 2 nitrogen and oxygen atoms in total. The molecule has 3 heteroatoms. The minimum absolute atomic E-state index is 0.164. The first-order chi connectivity index (χ1) is 8.36. The van der Waals surface area contributed by atoms with Crippen LogP contribution < -0.4 is 5.32 Å². The van der Waals surface area contributed by atoms with Crippen molar-refractivity contribution in [2.45, 2.75) is 65.8 Å². The van der Waals surface area contributed by atoms with Gasteiger partial charge in [0.05, 0.1) is 0 Å². The quantitative estimate of drug-likeness (QED) is 0.759. The first kappa shape index (κ1) is 16.0. The monoisotopic (exact) mass is 317 g/mol. The molecule has 0 aliphatic heterocycles. The Bertz CT molecular complexity index is 276. The number of hydrogen-bond acceptors (Lipinski definition) is 1. The molecule has 2 atom stereocenters. The molecule has 1 amide bonds. The van der Waals surface area contributed by atoms with Gasteiger partial charge in [-0.1, -0.05) is 56.5 Å². The molecule has 1 fully saturated rings. The summed E-state index contributed by atoms with van der Waals surface area (Å²) in [6, 6.07) is 0.273. The number of rotatable bonds is 5. The van der Waals surface area contributed by atoms with Gasteiger partial charge in [-0.25, -0.2) is 0 Å². The van der Waals surface area contributed by atoms with Crippen molar-refractivity contribution in [1.29, 1.82) is 0 Å². The van der Waals surface area contributed by atoms with Gasteiger partial charge in [-0.15, -0.1) is 0 Å². The van der Waals surface area contributed by atoms with Crippen LogP contribution in [0.4, 0.5) is 0 Å². The van der Waals surface area contributed by atoms with E-state index in [9.17, 15) is 4.79 Å². The van der Waals surface area contributed by atoms with Gasteiger partial charge in [-0.2, -0.15) is 0 Å². The summed E-state index contributed by atoms with van der Waals surface area (Å²) < 4.78 is 0. The normalized spacial score (nSPS) is 24.9. The minimum Gasteiger partial charge on any atom is -0.352 e. The molecule has 1 aliphatic carbocycles. The lowest BCUT2D eigenvalue weighted by Gasteiger charge is -2.38. The number of carbonyl (C=O) groups is 1. The van der Waals surface area contributed by atoms with E-state index in [1.165, 1.54) is 19.3 Å². The summed E-state index contributed by atoms with van der Waals surface area (Å²) in [6.07, 6.45) is 5.74. The van der Waals surface area contributed by atoms with Crippen LogP contribution in [0.2, 0.25) is 0 Å². The fraction of sp³-hybridized carbons (Fsp3) is 0.933. The number of halogens is 1. The van der Waals surface area contributed by atoms with Crippen LogP contribution >= 0.6 is 15.9 Å². The summed E-state index contributed by atoms with van der Waals surface area (Å²) in [5.74, 6) is 1.08. The zero-order valence-corrected chi connectivity index (χ0v) is 13.8. The number of alkyl halides is 1. The van der Waals surface area contributed by atoms with E-state index in [1.807, 2.05) is 0 Å². The highest BCUT2D eigenvalue weighted by Crippen LogP contribution is 2.40. The number of nitrogens with one attached hydrogen (secondary N) is 1. The Morgan fingerprint density at radius 1 is 1.39 bits per heavy atom. The molecule has 1 saturated carbocycles. The highest BCUT2D eigenvalue weighted by Gasteiger charge is 2.37. The summed E-state index contributed by atoms with van der Waals surface area (Å²) in [4.78, 5) is 12.4.